The van der Waals surface area contributed by atoms with Gasteiger partial charge in [-0.15, -0.1) is 0 Å². The molecule has 4 heteroatoms. The maximum atomic E-state index is 5.97. The van der Waals surface area contributed by atoms with E-state index in [2.05, 4.69) is 47.3 Å². The Morgan fingerprint density at radius 1 is 1.15 bits per heavy atom. The van der Waals surface area contributed by atoms with Gasteiger partial charge in [0.05, 0.1) is 0 Å². The monoisotopic (exact) mass is 277 g/mol. The second-order valence-electron chi connectivity index (χ2n) is 5.38. The van der Waals surface area contributed by atoms with Crippen molar-refractivity contribution in [1.82, 2.24) is 15.1 Å². The number of hydrogen-bond donors (Lipinski definition) is 1. The molecule has 1 N–H and O–H groups in total. The van der Waals surface area contributed by atoms with Crippen LogP contribution in [0, 0.1) is 0 Å². The van der Waals surface area contributed by atoms with Crippen LogP contribution < -0.4 is 10.1 Å². The van der Waals surface area contributed by atoms with Crippen LogP contribution in [0.15, 0.2) is 24.3 Å². The summed E-state index contributed by atoms with van der Waals surface area (Å²) in [6.45, 7) is 10.4. The third-order valence-electron chi connectivity index (χ3n) is 3.80. The van der Waals surface area contributed by atoms with E-state index in [-0.39, 0.29) is 0 Å². The van der Waals surface area contributed by atoms with Gasteiger partial charge in [-0.2, -0.15) is 0 Å². The van der Waals surface area contributed by atoms with Crippen LogP contribution in [0.3, 0.4) is 0 Å². The first kappa shape index (κ1) is 15.3. The van der Waals surface area contributed by atoms with E-state index >= 15 is 0 Å². The van der Waals surface area contributed by atoms with Crippen LogP contribution in [0.25, 0.3) is 0 Å². The Hall–Kier alpha value is -1.10. The van der Waals surface area contributed by atoms with Crippen LogP contribution in [-0.2, 0) is 6.54 Å². The van der Waals surface area contributed by atoms with Gasteiger partial charge in [-0.3, -0.25) is 4.90 Å². The zero-order valence-electron chi connectivity index (χ0n) is 12.8. The number of benzene rings is 1. The third-order valence-corrected chi connectivity index (χ3v) is 3.80. The topological polar surface area (TPSA) is 27.7 Å². The van der Waals surface area contributed by atoms with Gasteiger partial charge in [0.1, 0.15) is 12.4 Å². The van der Waals surface area contributed by atoms with E-state index in [9.17, 15) is 0 Å². The molecule has 1 saturated heterocycles. The molecule has 0 atom stereocenters. The lowest BCUT2D eigenvalue weighted by Gasteiger charge is -2.32. The maximum Gasteiger partial charge on any atom is 0.123 e. The van der Waals surface area contributed by atoms with Crippen molar-refractivity contribution in [1.29, 1.82) is 0 Å². The third kappa shape index (κ3) is 4.78. The van der Waals surface area contributed by atoms with Crippen molar-refractivity contribution in [3.63, 3.8) is 0 Å². The maximum absolute atomic E-state index is 5.97. The normalized spacial score (nSPS) is 17.3. The molecule has 1 aromatic rings. The average molecular weight is 277 g/mol. The quantitative estimate of drug-likeness (QED) is 0.816. The first-order valence-electron chi connectivity index (χ1n) is 7.62. The van der Waals surface area contributed by atoms with Gasteiger partial charge >= 0.3 is 0 Å². The molecule has 4 nitrogen and oxygen atoms in total. The second-order valence-corrected chi connectivity index (χ2v) is 5.38. The predicted molar refractivity (Wildman–Crippen MR) is 83.3 cm³/mol. The molecule has 1 aromatic carbocycles. The summed E-state index contributed by atoms with van der Waals surface area (Å²) in [5.41, 5.74) is 1.24. The van der Waals surface area contributed by atoms with Gasteiger partial charge in [0, 0.05) is 44.8 Å². The number of likely N-dealkylation sites (N-methyl/N-ethyl adjacent to an activating group) is 1. The average Bonchev–Trinajstić information content (AvgIpc) is 2.48. The summed E-state index contributed by atoms with van der Waals surface area (Å²) in [5.74, 6) is 1.02. The van der Waals surface area contributed by atoms with E-state index in [1.807, 2.05) is 6.07 Å². The van der Waals surface area contributed by atoms with Gasteiger partial charge in [0.15, 0.2) is 0 Å². The van der Waals surface area contributed by atoms with Crippen molar-refractivity contribution >= 4 is 0 Å². The number of nitrogens with zero attached hydrogens (tertiary/aromatic N) is 2. The van der Waals surface area contributed by atoms with Crippen molar-refractivity contribution in [3.05, 3.63) is 29.8 Å². The molecule has 1 aliphatic heterocycles. The summed E-state index contributed by atoms with van der Waals surface area (Å²) in [6, 6.07) is 8.31. The molecule has 2 rings (SSSR count). The SMILES string of the molecule is CCNCc1ccccc1OCCN1CCN(C)CC1. The minimum absolute atomic E-state index is 0.771. The van der Waals surface area contributed by atoms with Crippen LogP contribution in [0.4, 0.5) is 0 Å². The minimum Gasteiger partial charge on any atom is -0.492 e. The van der Waals surface area contributed by atoms with E-state index in [1.165, 1.54) is 5.56 Å². The summed E-state index contributed by atoms with van der Waals surface area (Å²) in [7, 11) is 2.19. The number of rotatable bonds is 7. The number of para-hydroxylation sites is 1. The minimum atomic E-state index is 0.771. The van der Waals surface area contributed by atoms with Crippen molar-refractivity contribution < 1.29 is 4.74 Å². The molecule has 1 fully saturated rings. The molecular formula is C16H27N3O. The second kappa shape index (κ2) is 8.25. The van der Waals surface area contributed by atoms with Gasteiger partial charge in [-0.1, -0.05) is 25.1 Å². The van der Waals surface area contributed by atoms with E-state index < -0.39 is 0 Å². The molecule has 1 aliphatic rings. The van der Waals surface area contributed by atoms with Crippen LogP contribution in [0.1, 0.15) is 12.5 Å². The van der Waals surface area contributed by atoms with E-state index in [0.717, 1.165) is 58.2 Å². The Morgan fingerprint density at radius 2 is 1.90 bits per heavy atom. The molecular weight excluding hydrogens is 250 g/mol. The highest BCUT2D eigenvalue weighted by atomic mass is 16.5. The molecule has 0 bridgehead atoms. The molecule has 112 valence electrons. The van der Waals surface area contributed by atoms with Crippen molar-refractivity contribution in [3.8, 4) is 5.75 Å². The molecule has 0 aliphatic carbocycles. The highest BCUT2D eigenvalue weighted by molar-refractivity contribution is 5.33. The van der Waals surface area contributed by atoms with Crippen LogP contribution in [0.5, 0.6) is 5.75 Å². The molecule has 0 amide bonds. The fourth-order valence-electron chi connectivity index (χ4n) is 2.41. The first-order valence-corrected chi connectivity index (χ1v) is 7.62. The molecule has 0 spiro atoms. The standard InChI is InChI=1S/C16H27N3O/c1-3-17-14-15-6-4-5-7-16(15)20-13-12-19-10-8-18(2)9-11-19/h4-7,17H,3,8-14H2,1-2H3. The van der Waals surface area contributed by atoms with Crippen LogP contribution in [-0.4, -0.2) is 62.7 Å². The van der Waals surface area contributed by atoms with Gasteiger partial charge in [0.2, 0.25) is 0 Å². The lowest BCUT2D eigenvalue weighted by atomic mass is 10.2. The number of hydrogen-bond acceptors (Lipinski definition) is 4. The Balaban J connectivity index is 1.76. The van der Waals surface area contributed by atoms with Gasteiger partial charge in [-0.25, -0.2) is 0 Å². The zero-order chi connectivity index (χ0) is 14.2. The van der Waals surface area contributed by atoms with E-state index in [4.69, 9.17) is 4.74 Å². The largest absolute Gasteiger partial charge is 0.492 e. The van der Waals surface area contributed by atoms with Gasteiger partial charge in [0.25, 0.3) is 0 Å². The Bertz CT molecular complexity index is 389. The van der Waals surface area contributed by atoms with Crippen LogP contribution >= 0.6 is 0 Å². The summed E-state index contributed by atoms with van der Waals surface area (Å²) >= 11 is 0. The fraction of sp³-hybridized carbons (Fsp3) is 0.625. The molecule has 1 heterocycles. The highest BCUT2D eigenvalue weighted by Gasteiger charge is 2.13. The van der Waals surface area contributed by atoms with Crippen molar-refractivity contribution in [2.24, 2.45) is 0 Å². The molecule has 0 saturated carbocycles. The van der Waals surface area contributed by atoms with Crippen LogP contribution in [0.2, 0.25) is 0 Å². The predicted octanol–water partition coefficient (Wildman–Crippen LogP) is 1.42. The summed E-state index contributed by atoms with van der Waals surface area (Å²) in [5, 5.41) is 3.35. The molecule has 0 unspecified atom stereocenters. The van der Waals surface area contributed by atoms with E-state index in [1.54, 1.807) is 0 Å². The molecule has 0 aromatic heterocycles. The lowest BCUT2D eigenvalue weighted by molar-refractivity contribution is 0.133. The smallest absolute Gasteiger partial charge is 0.123 e. The lowest BCUT2D eigenvalue weighted by Crippen LogP contribution is -2.45. The Kier molecular flexibility index (Phi) is 6.30. The first-order chi connectivity index (χ1) is 9.79. The summed E-state index contributed by atoms with van der Waals surface area (Å²) in [6.07, 6.45) is 0. The fourth-order valence-corrected chi connectivity index (χ4v) is 2.41. The number of nitrogens with one attached hydrogen (secondary N) is 1. The number of piperazine rings is 1. The van der Waals surface area contributed by atoms with E-state index in [0.29, 0.717) is 0 Å². The van der Waals surface area contributed by atoms with Crippen molar-refractivity contribution in [2.45, 2.75) is 13.5 Å². The van der Waals surface area contributed by atoms with Gasteiger partial charge in [-0.05, 0) is 19.7 Å². The van der Waals surface area contributed by atoms with Crippen molar-refractivity contribution in [2.75, 3.05) is 52.9 Å². The molecule has 20 heavy (non-hydrogen) atoms. The summed E-state index contributed by atoms with van der Waals surface area (Å²) in [4.78, 5) is 4.86. The van der Waals surface area contributed by atoms with Gasteiger partial charge < -0.3 is 15.0 Å². The Labute approximate surface area is 122 Å². The highest BCUT2D eigenvalue weighted by Crippen LogP contribution is 2.17. The zero-order valence-corrected chi connectivity index (χ0v) is 12.8. The number of ether oxygens (including phenoxy) is 1. The summed E-state index contributed by atoms with van der Waals surface area (Å²) < 4.78 is 5.97. The Morgan fingerprint density at radius 3 is 2.65 bits per heavy atom. The molecule has 0 radical (unpaired) electrons.